The molecule has 2 atom stereocenters. The van der Waals surface area contributed by atoms with E-state index >= 15 is 0 Å². The summed E-state index contributed by atoms with van der Waals surface area (Å²) in [6.45, 7) is 2.47. The van der Waals surface area contributed by atoms with E-state index in [9.17, 15) is 9.59 Å². The third-order valence-electron chi connectivity index (χ3n) is 3.71. The number of carboxylic acid groups (broad SMARTS) is 1. The van der Waals surface area contributed by atoms with Crippen LogP contribution >= 0.6 is 0 Å². The summed E-state index contributed by atoms with van der Waals surface area (Å²) < 4.78 is 5.08. The minimum absolute atomic E-state index is 0.0664. The number of carbonyl (C=O) groups is 2. The van der Waals surface area contributed by atoms with Gasteiger partial charge in [-0.25, -0.2) is 0 Å². The normalized spacial score (nSPS) is 21.8. The Bertz CT molecular complexity index is 544. The summed E-state index contributed by atoms with van der Waals surface area (Å²) in [4.78, 5) is 25.1. The third kappa shape index (κ3) is 2.54. The molecule has 1 aromatic carbocycles. The van der Waals surface area contributed by atoms with E-state index in [-0.39, 0.29) is 18.4 Å². The fourth-order valence-electron chi connectivity index (χ4n) is 2.47. The van der Waals surface area contributed by atoms with Crippen molar-refractivity contribution in [2.75, 3.05) is 25.9 Å². The van der Waals surface area contributed by atoms with Gasteiger partial charge in [0.15, 0.2) is 0 Å². The number of nitrogens with zero attached hydrogens (tertiary/aromatic N) is 1. The van der Waals surface area contributed by atoms with E-state index in [4.69, 9.17) is 15.6 Å². The van der Waals surface area contributed by atoms with E-state index in [0.717, 1.165) is 0 Å². The van der Waals surface area contributed by atoms with Gasteiger partial charge in [0.25, 0.3) is 5.91 Å². The highest BCUT2D eigenvalue weighted by Crippen LogP contribution is 2.27. The molecule has 0 saturated carbocycles. The number of benzene rings is 1. The van der Waals surface area contributed by atoms with E-state index in [1.54, 1.807) is 18.2 Å². The van der Waals surface area contributed by atoms with Crippen molar-refractivity contribution in [3.8, 4) is 5.75 Å². The number of hydrogen-bond acceptors (Lipinski definition) is 4. The van der Waals surface area contributed by atoms with Crippen LogP contribution in [-0.4, -0.2) is 42.1 Å². The number of carboxylic acids is 1. The van der Waals surface area contributed by atoms with Crippen molar-refractivity contribution < 1.29 is 19.4 Å². The second-order valence-electron chi connectivity index (χ2n) is 5.09. The number of ether oxygens (including phenoxy) is 1. The van der Waals surface area contributed by atoms with Crippen LogP contribution in [0, 0.1) is 11.8 Å². The summed E-state index contributed by atoms with van der Waals surface area (Å²) in [7, 11) is 1.51. The molecule has 1 fully saturated rings. The highest BCUT2D eigenvalue weighted by Gasteiger charge is 2.37. The van der Waals surface area contributed by atoms with E-state index in [1.807, 2.05) is 6.92 Å². The van der Waals surface area contributed by atoms with Crippen LogP contribution in [0.15, 0.2) is 18.2 Å². The van der Waals surface area contributed by atoms with Crippen LogP contribution in [0.3, 0.4) is 0 Å². The number of hydrogen-bond donors (Lipinski definition) is 2. The maximum Gasteiger partial charge on any atom is 0.308 e. The van der Waals surface area contributed by atoms with Gasteiger partial charge in [0, 0.05) is 18.8 Å². The molecule has 0 bridgehead atoms. The summed E-state index contributed by atoms with van der Waals surface area (Å²) in [5, 5.41) is 9.11. The van der Waals surface area contributed by atoms with Crippen LogP contribution in [0.1, 0.15) is 17.3 Å². The number of aliphatic carboxylic acids is 1. The number of nitrogens with two attached hydrogens (primary N) is 1. The van der Waals surface area contributed by atoms with Gasteiger partial charge in [0.05, 0.1) is 18.6 Å². The molecule has 0 aromatic heterocycles. The van der Waals surface area contributed by atoms with Crippen molar-refractivity contribution in [2.24, 2.45) is 11.8 Å². The lowest BCUT2D eigenvalue weighted by Gasteiger charge is -2.17. The van der Waals surface area contributed by atoms with Crippen molar-refractivity contribution >= 4 is 17.6 Å². The molecule has 0 unspecified atom stereocenters. The molecule has 108 valence electrons. The number of carbonyl (C=O) groups excluding carboxylic acids is 1. The highest BCUT2D eigenvalue weighted by atomic mass is 16.5. The molecule has 2 rings (SSSR count). The Morgan fingerprint density at radius 1 is 1.40 bits per heavy atom. The molecule has 0 radical (unpaired) electrons. The van der Waals surface area contributed by atoms with E-state index in [2.05, 4.69) is 0 Å². The lowest BCUT2D eigenvalue weighted by atomic mass is 9.99. The van der Waals surface area contributed by atoms with Crippen LogP contribution < -0.4 is 10.5 Å². The van der Waals surface area contributed by atoms with Crippen molar-refractivity contribution in [3.05, 3.63) is 23.8 Å². The van der Waals surface area contributed by atoms with Gasteiger partial charge in [0.2, 0.25) is 0 Å². The van der Waals surface area contributed by atoms with Crippen LogP contribution in [-0.2, 0) is 4.79 Å². The Labute approximate surface area is 117 Å². The Balaban J connectivity index is 2.22. The second kappa shape index (κ2) is 5.40. The first-order valence-electron chi connectivity index (χ1n) is 6.39. The monoisotopic (exact) mass is 278 g/mol. The van der Waals surface area contributed by atoms with Crippen LogP contribution in [0.25, 0.3) is 0 Å². The van der Waals surface area contributed by atoms with Crippen LogP contribution in [0.4, 0.5) is 5.69 Å². The highest BCUT2D eigenvalue weighted by molar-refractivity contribution is 6.00. The Hall–Kier alpha value is -2.24. The summed E-state index contributed by atoms with van der Waals surface area (Å²) >= 11 is 0. The summed E-state index contributed by atoms with van der Waals surface area (Å²) in [6, 6.07) is 4.87. The van der Waals surface area contributed by atoms with Crippen LogP contribution in [0.5, 0.6) is 5.75 Å². The fraction of sp³-hybridized carbons (Fsp3) is 0.429. The largest absolute Gasteiger partial charge is 0.497 e. The average Bonchev–Trinajstić information content (AvgIpc) is 2.81. The maximum atomic E-state index is 12.4. The van der Waals surface area contributed by atoms with Gasteiger partial charge in [-0.05, 0) is 24.1 Å². The molecule has 1 aliphatic heterocycles. The molecule has 6 nitrogen and oxygen atoms in total. The SMILES string of the molecule is COc1ccc(N)c(C(=O)N2C[C@@H](C)[C@H](C(=O)O)C2)c1. The van der Waals surface area contributed by atoms with Crippen LogP contribution in [0.2, 0.25) is 0 Å². The quantitative estimate of drug-likeness (QED) is 0.807. The number of methoxy groups -OCH3 is 1. The maximum absolute atomic E-state index is 12.4. The summed E-state index contributed by atoms with van der Waals surface area (Å²) in [5.41, 5.74) is 6.54. The third-order valence-corrected chi connectivity index (χ3v) is 3.71. The standard InChI is InChI=1S/C14H18N2O4/c1-8-6-16(7-11(8)14(18)19)13(17)10-5-9(20-2)3-4-12(10)15/h3-5,8,11H,6-7,15H2,1-2H3,(H,18,19)/t8-,11-/m1/s1. The minimum atomic E-state index is -0.869. The summed E-state index contributed by atoms with van der Waals surface area (Å²) in [6.07, 6.45) is 0. The van der Waals surface area contributed by atoms with Gasteiger partial charge in [-0.1, -0.05) is 6.92 Å². The van der Waals surface area contributed by atoms with Gasteiger partial charge in [0.1, 0.15) is 5.75 Å². The molecule has 1 heterocycles. The Morgan fingerprint density at radius 3 is 2.65 bits per heavy atom. The van der Waals surface area contributed by atoms with Crippen molar-refractivity contribution in [1.29, 1.82) is 0 Å². The molecular weight excluding hydrogens is 260 g/mol. The first-order valence-corrected chi connectivity index (χ1v) is 6.39. The molecule has 20 heavy (non-hydrogen) atoms. The number of anilines is 1. The molecule has 1 aromatic rings. The number of likely N-dealkylation sites (tertiary alicyclic amines) is 1. The lowest BCUT2D eigenvalue weighted by molar-refractivity contribution is -0.142. The fourth-order valence-corrected chi connectivity index (χ4v) is 2.47. The first-order chi connectivity index (χ1) is 9.43. The Morgan fingerprint density at radius 2 is 2.10 bits per heavy atom. The van der Waals surface area contributed by atoms with Crippen molar-refractivity contribution in [2.45, 2.75) is 6.92 Å². The van der Waals surface area contributed by atoms with Gasteiger partial charge in [-0.2, -0.15) is 0 Å². The van der Waals surface area contributed by atoms with E-state index in [0.29, 0.717) is 23.5 Å². The molecule has 1 saturated heterocycles. The topological polar surface area (TPSA) is 92.9 Å². The summed E-state index contributed by atoms with van der Waals surface area (Å²) in [5.74, 6) is -1.16. The molecule has 3 N–H and O–H groups in total. The number of nitrogen functional groups attached to an aromatic ring is 1. The molecule has 1 aliphatic rings. The second-order valence-corrected chi connectivity index (χ2v) is 5.09. The van der Waals surface area contributed by atoms with E-state index in [1.165, 1.54) is 12.0 Å². The number of amides is 1. The molecule has 6 heteroatoms. The van der Waals surface area contributed by atoms with Crippen molar-refractivity contribution in [1.82, 2.24) is 4.90 Å². The van der Waals surface area contributed by atoms with E-state index < -0.39 is 11.9 Å². The molecule has 0 aliphatic carbocycles. The van der Waals surface area contributed by atoms with Gasteiger partial charge in [-0.15, -0.1) is 0 Å². The van der Waals surface area contributed by atoms with Crippen molar-refractivity contribution in [3.63, 3.8) is 0 Å². The lowest BCUT2D eigenvalue weighted by Crippen LogP contribution is -2.30. The van der Waals surface area contributed by atoms with Gasteiger partial charge in [-0.3, -0.25) is 9.59 Å². The Kier molecular flexibility index (Phi) is 3.83. The predicted octanol–water partition coefficient (Wildman–Crippen LogP) is 1.07. The molecular formula is C14H18N2O4. The van der Waals surface area contributed by atoms with Gasteiger partial charge >= 0.3 is 5.97 Å². The average molecular weight is 278 g/mol. The first kappa shape index (κ1) is 14.2. The zero-order chi connectivity index (χ0) is 14.9. The smallest absolute Gasteiger partial charge is 0.308 e. The predicted molar refractivity (Wildman–Crippen MR) is 73.6 cm³/mol. The number of rotatable bonds is 3. The minimum Gasteiger partial charge on any atom is -0.497 e. The molecule has 0 spiro atoms. The zero-order valence-electron chi connectivity index (χ0n) is 11.5. The zero-order valence-corrected chi connectivity index (χ0v) is 11.5. The molecule has 1 amide bonds. The van der Waals surface area contributed by atoms with Gasteiger partial charge < -0.3 is 20.5 Å².